The lowest BCUT2D eigenvalue weighted by Crippen LogP contribution is -2.45. The number of hydrogen-bond acceptors (Lipinski definition) is 3. The number of carboxylic acids is 1. The van der Waals surface area contributed by atoms with E-state index in [1.54, 1.807) is 13.8 Å². The number of carbonyl (C=O) groups excluding carboxylic acids is 1. The van der Waals surface area contributed by atoms with E-state index in [0.29, 0.717) is 6.61 Å². The highest BCUT2D eigenvalue weighted by atomic mass is 16.5. The van der Waals surface area contributed by atoms with Crippen LogP contribution in [0.1, 0.15) is 38.4 Å². The van der Waals surface area contributed by atoms with E-state index < -0.39 is 17.9 Å². The number of rotatable bonds is 5. The molecule has 5 heteroatoms. The number of amides is 1. The Hall–Kier alpha value is -1.88. The molecule has 2 N–H and O–H groups in total. The van der Waals surface area contributed by atoms with Gasteiger partial charge < -0.3 is 15.2 Å². The first kappa shape index (κ1) is 16.5. The zero-order chi connectivity index (χ0) is 16.1. The maximum absolute atomic E-state index is 12.5. The number of nitrogens with one attached hydrogen (secondary N) is 1. The van der Waals surface area contributed by atoms with Crippen molar-refractivity contribution in [3.63, 3.8) is 0 Å². The van der Waals surface area contributed by atoms with Crippen molar-refractivity contribution in [1.82, 2.24) is 5.32 Å². The van der Waals surface area contributed by atoms with Crippen molar-refractivity contribution in [3.8, 4) is 0 Å². The van der Waals surface area contributed by atoms with Crippen molar-refractivity contribution in [3.05, 3.63) is 35.9 Å². The summed E-state index contributed by atoms with van der Waals surface area (Å²) in [4.78, 5) is 23.5. The molecule has 120 valence electrons. The van der Waals surface area contributed by atoms with Gasteiger partial charge in [0.1, 0.15) is 0 Å². The molecule has 4 unspecified atom stereocenters. The third-order valence-electron chi connectivity index (χ3n) is 4.30. The summed E-state index contributed by atoms with van der Waals surface area (Å²) >= 11 is 0. The van der Waals surface area contributed by atoms with Gasteiger partial charge in [0, 0.05) is 12.6 Å². The molecule has 0 aromatic heterocycles. The highest BCUT2D eigenvalue weighted by Crippen LogP contribution is 2.33. The van der Waals surface area contributed by atoms with E-state index in [1.807, 2.05) is 30.3 Å². The Kier molecular flexibility index (Phi) is 5.55. The molecule has 0 aliphatic carbocycles. The highest BCUT2D eigenvalue weighted by Gasteiger charge is 2.34. The van der Waals surface area contributed by atoms with Gasteiger partial charge in [-0.15, -0.1) is 0 Å². The van der Waals surface area contributed by atoms with Crippen LogP contribution in [-0.2, 0) is 14.3 Å². The van der Waals surface area contributed by atoms with E-state index in [1.165, 1.54) is 0 Å². The van der Waals surface area contributed by atoms with E-state index in [4.69, 9.17) is 9.84 Å². The van der Waals surface area contributed by atoms with Gasteiger partial charge in [0.2, 0.25) is 5.91 Å². The van der Waals surface area contributed by atoms with Crippen molar-refractivity contribution >= 4 is 11.9 Å². The van der Waals surface area contributed by atoms with Crippen LogP contribution in [-0.4, -0.2) is 29.6 Å². The van der Waals surface area contributed by atoms with Gasteiger partial charge in [-0.25, -0.2) is 0 Å². The second-order valence-electron chi connectivity index (χ2n) is 5.87. The molecule has 1 aliphatic heterocycles. The van der Waals surface area contributed by atoms with Gasteiger partial charge >= 0.3 is 5.97 Å². The van der Waals surface area contributed by atoms with Gasteiger partial charge in [-0.3, -0.25) is 9.59 Å². The van der Waals surface area contributed by atoms with Gasteiger partial charge in [-0.2, -0.15) is 0 Å². The van der Waals surface area contributed by atoms with E-state index >= 15 is 0 Å². The van der Waals surface area contributed by atoms with Gasteiger partial charge in [0.15, 0.2) is 0 Å². The van der Waals surface area contributed by atoms with Crippen molar-refractivity contribution in [2.75, 3.05) is 6.61 Å². The summed E-state index contributed by atoms with van der Waals surface area (Å²) in [5, 5.41) is 11.9. The largest absolute Gasteiger partial charge is 0.481 e. The average Bonchev–Trinajstić information content (AvgIpc) is 2.54. The molecule has 1 aromatic rings. The molecule has 1 fully saturated rings. The van der Waals surface area contributed by atoms with Crippen LogP contribution in [0, 0.1) is 11.8 Å². The molecule has 4 atom stereocenters. The normalized spacial score (nSPS) is 24.3. The lowest BCUT2D eigenvalue weighted by Gasteiger charge is -2.32. The monoisotopic (exact) mass is 305 g/mol. The summed E-state index contributed by atoms with van der Waals surface area (Å²) in [7, 11) is 0. The number of ether oxygens (including phenoxy) is 1. The molecule has 0 radical (unpaired) electrons. The van der Waals surface area contributed by atoms with Gasteiger partial charge in [-0.05, 0) is 32.3 Å². The molecule has 1 aromatic carbocycles. The molecular weight excluding hydrogens is 282 g/mol. The standard InChI is InChI=1S/C17H23NO4/c1-11(17(20)21)12(2)18-16(19)14-9-6-10-22-15(14)13-7-4-3-5-8-13/h3-5,7-8,11-12,14-15H,6,9-10H2,1-2H3,(H,18,19)(H,20,21). The predicted octanol–water partition coefficient (Wildman–Crippen LogP) is 2.38. The lowest BCUT2D eigenvalue weighted by atomic mass is 9.88. The molecule has 0 saturated carbocycles. The maximum atomic E-state index is 12.5. The zero-order valence-electron chi connectivity index (χ0n) is 13.0. The Balaban J connectivity index is 2.07. The van der Waals surface area contributed by atoms with Crippen LogP contribution in [0.25, 0.3) is 0 Å². The maximum Gasteiger partial charge on any atom is 0.308 e. The summed E-state index contributed by atoms with van der Waals surface area (Å²) in [6.45, 7) is 3.96. The number of benzene rings is 1. The molecular formula is C17H23NO4. The summed E-state index contributed by atoms with van der Waals surface area (Å²) in [5.41, 5.74) is 0.987. The minimum atomic E-state index is -0.910. The summed E-state index contributed by atoms with van der Waals surface area (Å²) in [6, 6.07) is 9.29. The SMILES string of the molecule is CC(NC(=O)C1CCCOC1c1ccccc1)C(C)C(=O)O. The summed E-state index contributed by atoms with van der Waals surface area (Å²) < 4.78 is 5.81. The number of hydrogen-bond donors (Lipinski definition) is 2. The second kappa shape index (κ2) is 7.40. The Labute approximate surface area is 130 Å². The fraction of sp³-hybridized carbons (Fsp3) is 0.529. The Morgan fingerprint density at radius 2 is 1.95 bits per heavy atom. The van der Waals surface area contributed by atoms with Crippen LogP contribution in [0.4, 0.5) is 0 Å². The minimum absolute atomic E-state index is 0.130. The van der Waals surface area contributed by atoms with E-state index in [2.05, 4.69) is 5.32 Å². The smallest absolute Gasteiger partial charge is 0.308 e. The quantitative estimate of drug-likeness (QED) is 0.876. The second-order valence-corrected chi connectivity index (χ2v) is 5.87. The average molecular weight is 305 g/mol. The third kappa shape index (κ3) is 3.85. The minimum Gasteiger partial charge on any atom is -0.481 e. The van der Waals surface area contributed by atoms with Gasteiger partial charge in [-0.1, -0.05) is 30.3 Å². The zero-order valence-corrected chi connectivity index (χ0v) is 13.0. The third-order valence-corrected chi connectivity index (χ3v) is 4.30. The Morgan fingerprint density at radius 3 is 2.59 bits per heavy atom. The van der Waals surface area contributed by atoms with E-state index in [9.17, 15) is 9.59 Å². The molecule has 1 saturated heterocycles. The summed E-state index contributed by atoms with van der Waals surface area (Å²) in [6.07, 6.45) is 1.33. The lowest BCUT2D eigenvalue weighted by molar-refractivity contribution is -0.143. The van der Waals surface area contributed by atoms with Crippen LogP contribution >= 0.6 is 0 Å². The molecule has 22 heavy (non-hydrogen) atoms. The molecule has 0 spiro atoms. The van der Waals surface area contributed by atoms with Crippen molar-refractivity contribution in [2.45, 2.75) is 38.8 Å². The van der Waals surface area contributed by atoms with Crippen molar-refractivity contribution in [2.24, 2.45) is 11.8 Å². The Morgan fingerprint density at radius 1 is 1.27 bits per heavy atom. The van der Waals surface area contributed by atoms with Crippen LogP contribution < -0.4 is 5.32 Å². The first-order chi connectivity index (χ1) is 10.5. The Bertz CT molecular complexity index is 517. The highest BCUT2D eigenvalue weighted by molar-refractivity contribution is 5.81. The number of aliphatic carboxylic acids is 1. The topological polar surface area (TPSA) is 75.6 Å². The predicted molar refractivity (Wildman–Crippen MR) is 82.3 cm³/mol. The van der Waals surface area contributed by atoms with E-state index in [-0.39, 0.29) is 17.9 Å². The van der Waals surface area contributed by atoms with Gasteiger partial charge in [0.25, 0.3) is 0 Å². The molecule has 2 rings (SSSR count). The number of carbonyl (C=O) groups is 2. The first-order valence-corrected chi connectivity index (χ1v) is 7.70. The fourth-order valence-electron chi connectivity index (χ4n) is 2.69. The molecule has 0 bridgehead atoms. The molecule has 5 nitrogen and oxygen atoms in total. The van der Waals surface area contributed by atoms with Crippen LogP contribution in [0.5, 0.6) is 0 Å². The summed E-state index contributed by atoms with van der Waals surface area (Å²) in [5.74, 6) is -1.94. The van der Waals surface area contributed by atoms with E-state index in [0.717, 1.165) is 18.4 Å². The fourth-order valence-corrected chi connectivity index (χ4v) is 2.69. The van der Waals surface area contributed by atoms with Crippen LogP contribution in [0.15, 0.2) is 30.3 Å². The number of carboxylic acid groups (broad SMARTS) is 1. The first-order valence-electron chi connectivity index (χ1n) is 7.70. The van der Waals surface area contributed by atoms with Crippen LogP contribution in [0.2, 0.25) is 0 Å². The van der Waals surface area contributed by atoms with Crippen LogP contribution in [0.3, 0.4) is 0 Å². The molecule has 1 aliphatic rings. The molecule has 1 heterocycles. The van der Waals surface area contributed by atoms with Crippen molar-refractivity contribution < 1.29 is 19.4 Å². The van der Waals surface area contributed by atoms with Crippen molar-refractivity contribution in [1.29, 1.82) is 0 Å². The molecule has 1 amide bonds. The van der Waals surface area contributed by atoms with Gasteiger partial charge in [0.05, 0.1) is 17.9 Å².